The minimum absolute atomic E-state index is 0.164. The molecule has 112 valence electrons. The van der Waals surface area contributed by atoms with Crippen LogP contribution in [0.25, 0.3) is 0 Å². The van der Waals surface area contributed by atoms with Crippen molar-refractivity contribution in [2.75, 3.05) is 6.54 Å². The van der Waals surface area contributed by atoms with Gasteiger partial charge in [0.05, 0.1) is 0 Å². The van der Waals surface area contributed by atoms with Gasteiger partial charge in [-0.2, -0.15) is 0 Å². The fourth-order valence-electron chi connectivity index (χ4n) is 1.82. The first kappa shape index (κ1) is 16.3. The maximum atomic E-state index is 13.7. The molecule has 5 heteroatoms. The molecule has 0 aliphatic heterocycles. The Morgan fingerprint density at radius 3 is 2.76 bits per heavy atom. The summed E-state index contributed by atoms with van der Waals surface area (Å²) >= 11 is 9.51. The Kier molecular flexibility index (Phi) is 6.03. The van der Waals surface area contributed by atoms with E-state index in [-0.39, 0.29) is 5.75 Å². The van der Waals surface area contributed by atoms with Crippen molar-refractivity contribution in [1.82, 2.24) is 5.32 Å². The molecule has 0 unspecified atom stereocenters. The molecule has 2 nitrogen and oxygen atoms in total. The molecule has 2 aromatic rings. The van der Waals surface area contributed by atoms with Gasteiger partial charge >= 0.3 is 0 Å². The highest BCUT2D eigenvalue weighted by atomic mass is 79.9. The van der Waals surface area contributed by atoms with Crippen LogP contribution in [0, 0.1) is 5.82 Å². The van der Waals surface area contributed by atoms with Crippen LogP contribution in [-0.2, 0) is 6.54 Å². The summed E-state index contributed by atoms with van der Waals surface area (Å²) in [6, 6.07) is 9.93. The quantitative estimate of drug-likeness (QED) is 0.673. The second kappa shape index (κ2) is 7.78. The number of ether oxygens (including phenoxy) is 1. The summed E-state index contributed by atoms with van der Waals surface area (Å²) in [5.74, 6) is 0.261. The number of hydrogen-bond donors (Lipinski definition) is 1. The third-order valence-corrected chi connectivity index (χ3v) is 3.73. The normalized spacial score (nSPS) is 10.7. The molecule has 0 saturated heterocycles. The van der Waals surface area contributed by atoms with Crippen molar-refractivity contribution in [3.63, 3.8) is 0 Å². The first-order valence-electron chi connectivity index (χ1n) is 6.72. The average Bonchev–Trinajstić information content (AvgIpc) is 2.45. The zero-order valence-electron chi connectivity index (χ0n) is 11.6. The van der Waals surface area contributed by atoms with E-state index in [4.69, 9.17) is 16.3 Å². The molecule has 0 aromatic heterocycles. The number of hydrogen-bond acceptors (Lipinski definition) is 2. The zero-order chi connectivity index (χ0) is 15.2. The summed E-state index contributed by atoms with van der Waals surface area (Å²) < 4.78 is 19.9. The lowest BCUT2D eigenvalue weighted by molar-refractivity contribution is 0.441. The molecule has 21 heavy (non-hydrogen) atoms. The van der Waals surface area contributed by atoms with Crippen LogP contribution < -0.4 is 10.1 Å². The maximum absolute atomic E-state index is 13.7. The van der Waals surface area contributed by atoms with Gasteiger partial charge in [0.2, 0.25) is 0 Å². The van der Waals surface area contributed by atoms with Gasteiger partial charge in [-0.25, -0.2) is 4.39 Å². The van der Waals surface area contributed by atoms with Crippen LogP contribution in [-0.4, -0.2) is 6.54 Å². The van der Waals surface area contributed by atoms with E-state index in [1.54, 1.807) is 24.3 Å². The van der Waals surface area contributed by atoms with E-state index in [1.807, 2.05) is 6.07 Å². The Morgan fingerprint density at radius 2 is 2.05 bits per heavy atom. The number of nitrogens with one attached hydrogen (secondary N) is 1. The summed E-state index contributed by atoms with van der Waals surface area (Å²) in [5.41, 5.74) is 0.993. The molecular formula is C16H16BrClFNO. The Hall–Kier alpha value is -1.10. The van der Waals surface area contributed by atoms with Crippen LogP contribution in [0.4, 0.5) is 4.39 Å². The summed E-state index contributed by atoms with van der Waals surface area (Å²) in [4.78, 5) is 0. The Morgan fingerprint density at radius 1 is 1.24 bits per heavy atom. The van der Waals surface area contributed by atoms with E-state index in [2.05, 4.69) is 28.2 Å². The number of halogens is 3. The zero-order valence-corrected chi connectivity index (χ0v) is 14.0. The van der Waals surface area contributed by atoms with Crippen molar-refractivity contribution < 1.29 is 9.13 Å². The van der Waals surface area contributed by atoms with Crippen molar-refractivity contribution in [3.05, 3.63) is 57.3 Å². The molecular weight excluding hydrogens is 357 g/mol. The van der Waals surface area contributed by atoms with Crippen molar-refractivity contribution in [1.29, 1.82) is 0 Å². The lowest BCUT2D eigenvalue weighted by Gasteiger charge is -2.10. The molecule has 2 aromatic carbocycles. The van der Waals surface area contributed by atoms with Crippen molar-refractivity contribution in [3.8, 4) is 11.5 Å². The van der Waals surface area contributed by atoms with Gasteiger partial charge in [0.1, 0.15) is 5.75 Å². The summed E-state index contributed by atoms with van der Waals surface area (Å²) in [7, 11) is 0. The molecule has 0 aliphatic rings. The fraction of sp³-hybridized carbons (Fsp3) is 0.250. The molecule has 0 spiro atoms. The molecule has 0 amide bonds. The van der Waals surface area contributed by atoms with Gasteiger partial charge < -0.3 is 10.1 Å². The van der Waals surface area contributed by atoms with Crippen molar-refractivity contribution >= 4 is 27.5 Å². The smallest absolute Gasteiger partial charge is 0.165 e. The summed E-state index contributed by atoms with van der Waals surface area (Å²) in [6.07, 6.45) is 1.07. The lowest BCUT2D eigenvalue weighted by atomic mass is 10.2. The first-order valence-corrected chi connectivity index (χ1v) is 7.89. The highest BCUT2D eigenvalue weighted by Crippen LogP contribution is 2.30. The van der Waals surface area contributed by atoms with Crippen LogP contribution in [0.5, 0.6) is 11.5 Å². The minimum Gasteiger partial charge on any atom is -0.454 e. The molecule has 0 heterocycles. The van der Waals surface area contributed by atoms with Gasteiger partial charge in [0.15, 0.2) is 11.6 Å². The highest BCUT2D eigenvalue weighted by molar-refractivity contribution is 9.10. The lowest BCUT2D eigenvalue weighted by Crippen LogP contribution is -2.13. The van der Waals surface area contributed by atoms with E-state index in [1.165, 1.54) is 6.07 Å². The van der Waals surface area contributed by atoms with E-state index in [0.717, 1.165) is 23.0 Å². The topological polar surface area (TPSA) is 21.3 Å². The molecule has 2 rings (SSSR count). The third kappa shape index (κ3) is 4.70. The Labute approximate surface area is 137 Å². The Bertz CT molecular complexity index is 621. The first-order chi connectivity index (χ1) is 10.1. The molecule has 0 bridgehead atoms. The average molecular weight is 373 g/mol. The molecule has 0 atom stereocenters. The van der Waals surface area contributed by atoms with Crippen molar-refractivity contribution in [2.45, 2.75) is 19.9 Å². The SMILES string of the molecule is CCCNCc1ccc(Oc2cc(Br)ccc2F)cc1Cl. The van der Waals surface area contributed by atoms with Gasteiger partial charge in [-0.15, -0.1) is 0 Å². The third-order valence-electron chi connectivity index (χ3n) is 2.89. The van der Waals surface area contributed by atoms with Gasteiger partial charge in [0.25, 0.3) is 0 Å². The summed E-state index contributed by atoms with van der Waals surface area (Å²) in [5, 5.41) is 3.89. The van der Waals surface area contributed by atoms with Gasteiger partial charge in [-0.3, -0.25) is 0 Å². The second-order valence-electron chi connectivity index (χ2n) is 4.61. The number of benzene rings is 2. The van der Waals surface area contributed by atoms with Crippen LogP contribution >= 0.6 is 27.5 Å². The van der Waals surface area contributed by atoms with E-state index in [9.17, 15) is 4.39 Å². The molecule has 0 saturated carbocycles. The Balaban J connectivity index is 2.11. The van der Waals surface area contributed by atoms with E-state index >= 15 is 0 Å². The highest BCUT2D eigenvalue weighted by Gasteiger charge is 2.08. The molecule has 0 aliphatic carbocycles. The van der Waals surface area contributed by atoms with Crippen LogP contribution in [0.1, 0.15) is 18.9 Å². The van der Waals surface area contributed by atoms with Gasteiger partial charge in [-0.1, -0.05) is 40.5 Å². The number of rotatable bonds is 6. The molecule has 1 N–H and O–H groups in total. The molecule has 0 radical (unpaired) electrons. The predicted molar refractivity (Wildman–Crippen MR) is 87.6 cm³/mol. The molecule has 0 fully saturated rings. The maximum Gasteiger partial charge on any atom is 0.165 e. The van der Waals surface area contributed by atoms with E-state index < -0.39 is 5.82 Å². The van der Waals surface area contributed by atoms with E-state index in [0.29, 0.717) is 17.3 Å². The predicted octanol–water partition coefficient (Wildman–Crippen LogP) is 5.53. The van der Waals surface area contributed by atoms with Crippen LogP contribution in [0.3, 0.4) is 0 Å². The standard InChI is InChI=1S/C16H16BrClFNO/c1-2-7-20-10-11-3-5-13(9-14(11)18)21-16-8-12(17)4-6-15(16)19/h3-6,8-9,20H,2,7,10H2,1H3. The monoisotopic (exact) mass is 371 g/mol. The summed E-state index contributed by atoms with van der Waals surface area (Å²) in [6.45, 7) is 3.76. The second-order valence-corrected chi connectivity index (χ2v) is 5.93. The van der Waals surface area contributed by atoms with Gasteiger partial charge in [0, 0.05) is 16.0 Å². The van der Waals surface area contributed by atoms with Crippen molar-refractivity contribution in [2.24, 2.45) is 0 Å². The van der Waals surface area contributed by atoms with Gasteiger partial charge in [-0.05, 0) is 48.9 Å². The largest absolute Gasteiger partial charge is 0.454 e. The van der Waals surface area contributed by atoms with Crippen LogP contribution in [0.2, 0.25) is 5.02 Å². The minimum atomic E-state index is -0.414. The van der Waals surface area contributed by atoms with Crippen LogP contribution in [0.15, 0.2) is 40.9 Å². The fourth-order valence-corrected chi connectivity index (χ4v) is 2.39.